The van der Waals surface area contributed by atoms with Gasteiger partial charge in [-0.1, -0.05) is 6.42 Å². The molecule has 2 aliphatic rings. The van der Waals surface area contributed by atoms with Gasteiger partial charge in [0.15, 0.2) is 0 Å². The van der Waals surface area contributed by atoms with Crippen molar-refractivity contribution in [1.82, 2.24) is 9.97 Å². The zero-order valence-corrected chi connectivity index (χ0v) is 11.3. The van der Waals surface area contributed by atoms with Gasteiger partial charge in [0.1, 0.15) is 5.82 Å². The van der Waals surface area contributed by atoms with Crippen LogP contribution >= 0.6 is 0 Å². The summed E-state index contributed by atoms with van der Waals surface area (Å²) in [7, 11) is 1.88. The lowest BCUT2D eigenvalue weighted by Crippen LogP contribution is -2.43. The summed E-state index contributed by atoms with van der Waals surface area (Å²) in [6.07, 6.45) is 6.84. The Balaban J connectivity index is 1.90. The number of piperidine rings is 1. The van der Waals surface area contributed by atoms with Gasteiger partial charge in [-0.15, -0.1) is 0 Å². The fourth-order valence-electron chi connectivity index (χ4n) is 3.55. The van der Waals surface area contributed by atoms with Crippen LogP contribution in [0.4, 0.5) is 11.8 Å². The van der Waals surface area contributed by atoms with Crippen molar-refractivity contribution in [3.05, 3.63) is 11.8 Å². The van der Waals surface area contributed by atoms with Crippen LogP contribution in [0, 0.1) is 12.8 Å². The van der Waals surface area contributed by atoms with Crippen molar-refractivity contribution in [1.29, 1.82) is 0 Å². The molecule has 1 N–H and O–H groups in total. The summed E-state index contributed by atoms with van der Waals surface area (Å²) < 4.78 is 0. The average Bonchev–Trinajstić information content (AvgIpc) is 2.85. The molecule has 0 amide bonds. The Morgan fingerprint density at radius 2 is 2.06 bits per heavy atom. The molecule has 1 aliphatic heterocycles. The van der Waals surface area contributed by atoms with Crippen molar-refractivity contribution in [2.75, 3.05) is 23.8 Å². The Morgan fingerprint density at radius 3 is 2.89 bits per heavy atom. The molecule has 1 aromatic rings. The SMILES string of the molecule is CNc1nc(C)cc(N2CCCC3CCCC32)n1. The molecule has 0 aromatic carbocycles. The second kappa shape index (κ2) is 4.75. The van der Waals surface area contributed by atoms with Crippen LogP contribution < -0.4 is 10.2 Å². The highest BCUT2D eigenvalue weighted by Gasteiger charge is 2.35. The quantitative estimate of drug-likeness (QED) is 0.871. The molecular formula is C14H22N4. The summed E-state index contributed by atoms with van der Waals surface area (Å²) in [6, 6.07) is 2.85. The van der Waals surface area contributed by atoms with Gasteiger partial charge in [0.05, 0.1) is 0 Å². The van der Waals surface area contributed by atoms with Gasteiger partial charge in [-0.2, -0.15) is 4.98 Å². The lowest BCUT2D eigenvalue weighted by Gasteiger charge is -2.38. The molecule has 2 fully saturated rings. The molecule has 1 saturated carbocycles. The first-order valence-electron chi connectivity index (χ1n) is 7.08. The van der Waals surface area contributed by atoms with E-state index in [1.165, 1.54) is 32.1 Å². The molecule has 0 radical (unpaired) electrons. The van der Waals surface area contributed by atoms with Crippen LogP contribution in [-0.2, 0) is 0 Å². The Morgan fingerprint density at radius 1 is 1.22 bits per heavy atom. The number of hydrogen-bond donors (Lipinski definition) is 1. The predicted molar refractivity (Wildman–Crippen MR) is 74.0 cm³/mol. The van der Waals surface area contributed by atoms with Crippen molar-refractivity contribution in [2.24, 2.45) is 5.92 Å². The second-order valence-electron chi connectivity index (χ2n) is 5.54. The van der Waals surface area contributed by atoms with Crippen molar-refractivity contribution in [3.8, 4) is 0 Å². The van der Waals surface area contributed by atoms with Gasteiger partial charge in [-0.3, -0.25) is 0 Å². The number of aromatic nitrogens is 2. The topological polar surface area (TPSA) is 41.1 Å². The van der Waals surface area contributed by atoms with Crippen LogP contribution in [0.15, 0.2) is 6.07 Å². The fraction of sp³-hybridized carbons (Fsp3) is 0.714. The van der Waals surface area contributed by atoms with E-state index in [9.17, 15) is 0 Å². The first-order chi connectivity index (χ1) is 8.78. The summed E-state index contributed by atoms with van der Waals surface area (Å²) in [6.45, 7) is 3.20. The number of rotatable bonds is 2. The van der Waals surface area contributed by atoms with E-state index in [1.54, 1.807) is 0 Å². The van der Waals surface area contributed by atoms with E-state index in [0.29, 0.717) is 0 Å². The maximum absolute atomic E-state index is 4.64. The molecule has 3 rings (SSSR count). The van der Waals surface area contributed by atoms with Gasteiger partial charge in [0.2, 0.25) is 5.95 Å². The molecule has 1 saturated heterocycles. The third kappa shape index (κ3) is 2.04. The van der Waals surface area contributed by atoms with Gasteiger partial charge in [-0.25, -0.2) is 4.98 Å². The number of hydrogen-bond acceptors (Lipinski definition) is 4. The largest absolute Gasteiger partial charge is 0.357 e. The molecule has 98 valence electrons. The lowest BCUT2D eigenvalue weighted by molar-refractivity contribution is 0.360. The molecule has 0 bridgehead atoms. The van der Waals surface area contributed by atoms with Crippen LogP contribution in [0.1, 0.15) is 37.8 Å². The zero-order chi connectivity index (χ0) is 12.5. The molecular weight excluding hydrogens is 224 g/mol. The van der Waals surface area contributed by atoms with Crippen molar-refractivity contribution < 1.29 is 0 Å². The fourth-order valence-corrected chi connectivity index (χ4v) is 3.55. The van der Waals surface area contributed by atoms with Gasteiger partial charge >= 0.3 is 0 Å². The summed E-state index contributed by atoms with van der Waals surface area (Å²) in [5, 5.41) is 3.06. The minimum Gasteiger partial charge on any atom is -0.357 e. The average molecular weight is 246 g/mol. The Hall–Kier alpha value is -1.32. The number of nitrogens with one attached hydrogen (secondary N) is 1. The molecule has 2 heterocycles. The van der Waals surface area contributed by atoms with E-state index in [1.807, 2.05) is 14.0 Å². The Labute approximate surface area is 109 Å². The minimum absolute atomic E-state index is 0.720. The number of aryl methyl sites for hydroxylation is 1. The summed E-state index contributed by atoms with van der Waals surface area (Å²) in [5.74, 6) is 2.75. The van der Waals surface area contributed by atoms with E-state index in [2.05, 4.69) is 26.3 Å². The molecule has 1 aromatic heterocycles. The van der Waals surface area contributed by atoms with Crippen LogP contribution in [0.3, 0.4) is 0 Å². The van der Waals surface area contributed by atoms with Crippen LogP contribution in [-0.4, -0.2) is 29.6 Å². The number of anilines is 2. The molecule has 2 unspecified atom stereocenters. The first-order valence-corrected chi connectivity index (χ1v) is 7.08. The van der Waals surface area contributed by atoms with E-state index < -0.39 is 0 Å². The lowest BCUT2D eigenvalue weighted by atomic mass is 9.92. The minimum atomic E-state index is 0.720. The predicted octanol–water partition coefficient (Wildman–Crippen LogP) is 2.60. The van der Waals surface area contributed by atoms with Crippen molar-refractivity contribution in [3.63, 3.8) is 0 Å². The molecule has 18 heavy (non-hydrogen) atoms. The first kappa shape index (κ1) is 11.8. The number of nitrogens with zero attached hydrogens (tertiary/aromatic N) is 3. The van der Waals surface area contributed by atoms with Gasteiger partial charge in [0.25, 0.3) is 0 Å². The summed E-state index contributed by atoms with van der Waals surface area (Å²) in [4.78, 5) is 11.5. The van der Waals surface area contributed by atoms with Gasteiger partial charge in [0, 0.05) is 31.4 Å². The van der Waals surface area contributed by atoms with Crippen LogP contribution in [0.2, 0.25) is 0 Å². The molecule has 2 atom stereocenters. The van der Waals surface area contributed by atoms with E-state index in [4.69, 9.17) is 0 Å². The normalized spacial score (nSPS) is 27.1. The Bertz CT molecular complexity index is 432. The van der Waals surface area contributed by atoms with Crippen molar-refractivity contribution in [2.45, 2.75) is 45.1 Å². The molecule has 1 aliphatic carbocycles. The zero-order valence-electron chi connectivity index (χ0n) is 11.3. The van der Waals surface area contributed by atoms with E-state index in [0.717, 1.165) is 36.0 Å². The molecule has 4 heteroatoms. The smallest absolute Gasteiger partial charge is 0.224 e. The summed E-state index contributed by atoms with van der Waals surface area (Å²) in [5.41, 5.74) is 1.05. The standard InChI is InChI=1S/C14H22N4/c1-10-9-13(17-14(15-2)16-10)18-8-4-6-11-5-3-7-12(11)18/h9,11-12H,3-8H2,1-2H3,(H,15,16,17). The van der Waals surface area contributed by atoms with Crippen molar-refractivity contribution >= 4 is 11.8 Å². The number of fused-ring (bicyclic) bond motifs is 1. The summed E-state index contributed by atoms with van der Waals surface area (Å²) >= 11 is 0. The van der Waals surface area contributed by atoms with E-state index in [-0.39, 0.29) is 0 Å². The highest BCUT2D eigenvalue weighted by atomic mass is 15.3. The van der Waals surface area contributed by atoms with E-state index >= 15 is 0 Å². The Kier molecular flexibility index (Phi) is 3.10. The highest BCUT2D eigenvalue weighted by molar-refractivity contribution is 5.46. The van der Waals surface area contributed by atoms with Gasteiger partial charge in [-0.05, 0) is 38.5 Å². The second-order valence-corrected chi connectivity index (χ2v) is 5.54. The highest BCUT2D eigenvalue weighted by Crippen LogP contribution is 2.38. The maximum atomic E-state index is 4.64. The third-order valence-electron chi connectivity index (χ3n) is 4.35. The maximum Gasteiger partial charge on any atom is 0.224 e. The molecule has 0 spiro atoms. The molecule has 4 nitrogen and oxygen atoms in total. The monoisotopic (exact) mass is 246 g/mol. The van der Waals surface area contributed by atoms with Crippen LogP contribution in [0.25, 0.3) is 0 Å². The van der Waals surface area contributed by atoms with Gasteiger partial charge < -0.3 is 10.2 Å². The van der Waals surface area contributed by atoms with Crippen LogP contribution in [0.5, 0.6) is 0 Å². The third-order valence-corrected chi connectivity index (χ3v) is 4.35.